The first kappa shape index (κ1) is 52.5. The highest BCUT2D eigenvalue weighted by molar-refractivity contribution is 6.32. The molecule has 1 aromatic heterocycles. The second-order valence-electron chi connectivity index (χ2n) is 20.4. The number of carbonyl (C=O) groups excluding carboxylic acids is 2. The smallest absolute Gasteiger partial charge is 0.259 e. The van der Waals surface area contributed by atoms with Gasteiger partial charge >= 0.3 is 0 Å². The van der Waals surface area contributed by atoms with Gasteiger partial charge in [-0.05, 0) is 143 Å². The van der Waals surface area contributed by atoms with Gasteiger partial charge in [-0.2, -0.15) is 5.11 Å². The van der Waals surface area contributed by atoms with Crippen LogP contribution in [0.3, 0.4) is 0 Å². The molecular formula is C68H50Cl2N8O5. The predicted octanol–water partition coefficient (Wildman–Crippen LogP) is 19.5. The Morgan fingerprint density at radius 1 is 0.578 bits per heavy atom. The number of nitrogens with zero attached hydrogens (tertiary/aromatic N) is 4. The number of fused-ring (bicyclic) bond motifs is 8. The summed E-state index contributed by atoms with van der Waals surface area (Å²) in [5.74, 6) is -1.22. The number of amides is 1. The monoisotopic (exact) mass is 1130 g/mol. The van der Waals surface area contributed by atoms with E-state index in [2.05, 4.69) is 28.0 Å². The van der Waals surface area contributed by atoms with Crippen LogP contribution in [-0.4, -0.2) is 26.9 Å². The molecule has 13 rings (SSSR count). The van der Waals surface area contributed by atoms with Crippen molar-refractivity contribution in [2.45, 2.75) is 40.2 Å². The molecule has 0 saturated heterocycles. The number of anilines is 4. The highest BCUT2D eigenvalue weighted by atomic mass is 35.5. The number of aryl methyl sites for hydroxylation is 3. The van der Waals surface area contributed by atoms with Gasteiger partial charge in [0.25, 0.3) is 5.91 Å². The van der Waals surface area contributed by atoms with Crippen LogP contribution in [-0.2, 0) is 24.3 Å². The SMILES string of the molecule is CCc1ccccc1NOCc1cc2ccc3c4cc(Cl)ccc4[nH]c3c2c(N=Nc2ccc3c(c2)C(=O)c2cccc4c(N=Nc5c(O)c(C(=O)Nc6ccccc6CC)cc6ccc(C)c(Nc7ccc(Cl)cc7)c56)ccc-3c24)c1O. The lowest BCUT2D eigenvalue weighted by Gasteiger charge is -2.20. The molecule has 1 aliphatic rings. The van der Waals surface area contributed by atoms with Crippen LogP contribution in [0.2, 0.25) is 10.0 Å². The first-order chi connectivity index (χ1) is 40.4. The van der Waals surface area contributed by atoms with Crippen molar-refractivity contribution in [2.24, 2.45) is 20.5 Å². The lowest BCUT2D eigenvalue weighted by molar-refractivity contribution is 0.102. The summed E-state index contributed by atoms with van der Waals surface area (Å²) in [7, 11) is 0. The molecule has 0 bridgehead atoms. The van der Waals surface area contributed by atoms with E-state index < -0.39 is 5.91 Å². The predicted molar refractivity (Wildman–Crippen MR) is 334 cm³/mol. The van der Waals surface area contributed by atoms with Crippen molar-refractivity contribution >= 4 is 135 Å². The Balaban J connectivity index is 0.879. The van der Waals surface area contributed by atoms with Gasteiger partial charge in [-0.3, -0.25) is 19.9 Å². The summed E-state index contributed by atoms with van der Waals surface area (Å²) in [6.45, 7) is 6.03. The minimum Gasteiger partial charge on any atom is -0.505 e. The van der Waals surface area contributed by atoms with E-state index in [0.29, 0.717) is 88.4 Å². The minimum absolute atomic E-state index is 0.00756. The van der Waals surface area contributed by atoms with Crippen LogP contribution >= 0.6 is 23.2 Å². The first-order valence-corrected chi connectivity index (χ1v) is 27.8. The molecule has 0 fully saturated rings. The zero-order valence-corrected chi connectivity index (χ0v) is 46.5. The largest absolute Gasteiger partial charge is 0.505 e. The molecule has 1 aliphatic carbocycles. The van der Waals surface area contributed by atoms with Crippen LogP contribution in [0.25, 0.3) is 65.3 Å². The fourth-order valence-corrected chi connectivity index (χ4v) is 11.6. The van der Waals surface area contributed by atoms with E-state index in [4.69, 9.17) is 48.5 Å². The summed E-state index contributed by atoms with van der Waals surface area (Å²) in [5, 5.41) is 57.0. The molecule has 406 valence electrons. The maximum absolute atomic E-state index is 14.8. The quantitative estimate of drug-likeness (QED) is 0.0462. The van der Waals surface area contributed by atoms with Crippen molar-refractivity contribution in [2.75, 3.05) is 16.1 Å². The van der Waals surface area contributed by atoms with Crippen LogP contribution in [0.15, 0.2) is 196 Å². The summed E-state index contributed by atoms with van der Waals surface area (Å²) in [6.07, 6.45) is 1.50. The number of phenols is 2. The molecular weight excluding hydrogens is 1080 g/mol. The maximum Gasteiger partial charge on any atom is 0.259 e. The van der Waals surface area contributed by atoms with E-state index in [1.807, 2.05) is 147 Å². The first-order valence-electron chi connectivity index (χ1n) is 27.1. The van der Waals surface area contributed by atoms with Crippen molar-refractivity contribution in [3.63, 3.8) is 0 Å². The van der Waals surface area contributed by atoms with E-state index in [9.17, 15) is 19.8 Å². The number of aromatic amines is 1. The number of ketones is 1. The molecule has 13 nitrogen and oxygen atoms in total. The van der Waals surface area contributed by atoms with Crippen molar-refractivity contribution in [1.29, 1.82) is 0 Å². The molecule has 83 heavy (non-hydrogen) atoms. The molecule has 0 spiro atoms. The summed E-state index contributed by atoms with van der Waals surface area (Å²) in [5.41, 5.74) is 14.4. The minimum atomic E-state index is -0.514. The Labute approximate surface area is 485 Å². The van der Waals surface area contributed by atoms with E-state index in [1.165, 1.54) is 0 Å². The number of halogens is 2. The standard InChI is InChI=1S/C68H50Cl2N8O5/c1-4-37-11-6-8-15-54(37)73-68(82)53-32-40-18-17-36(3)61(71-44-23-20-42(69)21-24-44)58(40)64(67(53)81)77-75-57-30-28-47-46-27-25-45(34-52(46)66(80)50-14-10-13-49(57)60(47)50)74-76-63-59-39(19-26-48-51-33-43(70)22-29-56(51)72-62(48)59)31-41(65(63)79)35-83-78-55-16-9-7-12-38(55)5-2/h6-34,71-72,78-79,81H,4-5,35H2,1-3H3,(H,73,82). The lowest BCUT2D eigenvalue weighted by atomic mass is 9.82. The Bertz CT molecular complexity index is 4750. The molecule has 12 aromatic rings. The third-order valence-corrected chi connectivity index (χ3v) is 15.9. The van der Waals surface area contributed by atoms with E-state index in [0.717, 1.165) is 67.2 Å². The molecule has 0 atom stereocenters. The van der Waals surface area contributed by atoms with Gasteiger partial charge in [0.05, 0.1) is 33.8 Å². The zero-order valence-electron chi connectivity index (χ0n) is 45.0. The van der Waals surface area contributed by atoms with Crippen molar-refractivity contribution in [3.05, 3.63) is 225 Å². The van der Waals surface area contributed by atoms with Crippen molar-refractivity contribution in [1.82, 2.24) is 4.98 Å². The lowest BCUT2D eigenvalue weighted by Crippen LogP contribution is -2.13. The molecule has 0 saturated carbocycles. The summed E-state index contributed by atoms with van der Waals surface area (Å²) >= 11 is 12.7. The molecule has 1 heterocycles. The van der Waals surface area contributed by atoms with Gasteiger partial charge in [0, 0.05) is 75.9 Å². The average molecular weight is 1130 g/mol. The van der Waals surface area contributed by atoms with Gasteiger partial charge in [0.1, 0.15) is 23.7 Å². The van der Waals surface area contributed by atoms with Crippen molar-refractivity contribution < 1.29 is 24.6 Å². The fraction of sp³-hybridized carbons (Fsp3) is 0.0882. The Morgan fingerprint density at radius 3 is 2.10 bits per heavy atom. The Morgan fingerprint density at radius 2 is 1.29 bits per heavy atom. The van der Waals surface area contributed by atoms with E-state index >= 15 is 0 Å². The molecule has 11 aromatic carbocycles. The maximum atomic E-state index is 14.8. The number of phenolic OH excluding ortho intramolecular Hbond substituents is 2. The van der Waals surface area contributed by atoms with Crippen LogP contribution in [0.5, 0.6) is 11.5 Å². The molecule has 0 radical (unpaired) electrons. The number of benzene rings is 11. The van der Waals surface area contributed by atoms with E-state index in [-0.39, 0.29) is 40.8 Å². The second-order valence-corrected chi connectivity index (χ2v) is 21.3. The van der Waals surface area contributed by atoms with Crippen LogP contribution in [0, 0.1) is 6.92 Å². The number of rotatable bonds is 14. The van der Waals surface area contributed by atoms with Crippen LogP contribution < -0.4 is 16.1 Å². The highest BCUT2D eigenvalue weighted by Crippen LogP contribution is 2.49. The third-order valence-electron chi connectivity index (χ3n) is 15.5. The van der Waals surface area contributed by atoms with Crippen LogP contribution in [0.1, 0.15) is 62.4 Å². The molecule has 0 aliphatic heterocycles. The Hall–Kier alpha value is -9.92. The van der Waals surface area contributed by atoms with Crippen molar-refractivity contribution in [3.8, 4) is 22.6 Å². The molecule has 1 amide bonds. The Kier molecular flexibility index (Phi) is 13.6. The van der Waals surface area contributed by atoms with Gasteiger partial charge in [-0.15, -0.1) is 15.3 Å². The van der Waals surface area contributed by atoms with Gasteiger partial charge in [0.2, 0.25) is 0 Å². The number of aromatic nitrogens is 1. The summed E-state index contributed by atoms with van der Waals surface area (Å²) in [6, 6.07) is 54.3. The molecule has 6 N–H and O–H groups in total. The molecule has 0 unspecified atom stereocenters. The number of nitrogens with one attached hydrogen (secondary N) is 4. The number of hydrogen-bond donors (Lipinski definition) is 6. The molecule has 15 heteroatoms. The number of carbonyl (C=O) groups is 2. The summed E-state index contributed by atoms with van der Waals surface area (Å²) in [4.78, 5) is 38.5. The number of aromatic hydroxyl groups is 2. The number of para-hydroxylation sites is 2. The number of H-pyrrole nitrogens is 1. The third kappa shape index (κ3) is 9.50. The normalized spacial score (nSPS) is 12.2. The van der Waals surface area contributed by atoms with E-state index in [1.54, 1.807) is 42.5 Å². The van der Waals surface area contributed by atoms with Gasteiger partial charge in [-0.1, -0.05) is 128 Å². The number of azo groups is 2. The zero-order chi connectivity index (χ0) is 57.0. The fourth-order valence-electron chi connectivity index (χ4n) is 11.3. The second kappa shape index (κ2) is 21.5. The van der Waals surface area contributed by atoms with Gasteiger partial charge < -0.3 is 25.8 Å². The highest BCUT2D eigenvalue weighted by Gasteiger charge is 2.28. The van der Waals surface area contributed by atoms with Crippen LogP contribution in [0.4, 0.5) is 45.5 Å². The summed E-state index contributed by atoms with van der Waals surface area (Å²) < 4.78 is 0. The number of hydrogen-bond acceptors (Lipinski definition) is 11. The topological polar surface area (TPSA) is 185 Å². The van der Waals surface area contributed by atoms with Gasteiger partial charge in [0.15, 0.2) is 11.5 Å². The van der Waals surface area contributed by atoms with Gasteiger partial charge in [-0.25, -0.2) is 0 Å². The average Bonchev–Trinajstić information content (AvgIpc) is 2.61.